The van der Waals surface area contributed by atoms with Gasteiger partial charge in [0.05, 0.1) is 0 Å². The highest BCUT2D eigenvalue weighted by Crippen LogP contribution is 2.22. The molecule has 1 rings (SSSR count). The number of rotatable bonds is 4. The molecule has 0 heterocycles. The smallest absolute Gasteiger partial charge is 0.119 e. The van der Waals surface area contributed by atoms with E-state index in [2.05, 4.69) is 26.8 Å². The van der Waals surface area contributed by atoms with Gasteiger partial charge in [0.2, 0.25) is 0 Å². The SMILES string of the molecule is CC(C)=CCCC(C)=Cc1cc(O)cc(O)c1. The van der Waals surface area contributed by atoms with E-state index in [1.54, 1.807) is 12.1 Å². The minimum absolute atomic E-state index is 0.0911. The normalized spacial score (nSPS) is 11.4. The third-order valence-corrected chi connectivity index (χ3v) is 2.43. The monoisotopic (exact) mass is 232 g/mol. The van der Waals surface area contributed by atoms with Gasteiger partial charge in [0.25, 0.3) is 0 Å². The predicted octanol–water partition coefficient (Wildman–Crippen LogP) is 4.25. The van der Waals surface area contributed by atoms with E-state index in [1.807, 2.05) is 6.08 Å². The van der Waals surface area contributed by atoms with Gasteiger partial charge in [0.15, 0.2) is 0 Å². The molecule has 2 N–H and O–H groups in total. The van der Waals surface area contributed by atoms with Crippen LogP contribution in [0, 0.1) is 0 Å². The van der Waals surface area contributed by atoms with Crippen LogP contribution >= 0.6 is 0 Å². The molecule has 0 unspecified atom stereocenters. The summed E-state index contributed by atoms with van der Waals surface area (Å²) in [4.78, 5) is 0. The summed E-state index contributed by atoms with van der Waals surface area (Å²) in [5.41, 5.74) is 3.39. The lowest BCUT2D eigenvalue weighted by atomic mass is 10.1. The molecule has 0 spiro atoms. The van der Waals surface area contributed by atoms with E-state index >= 15 is 0 Å². The van der Waals surface area contributed by atoms with E-state index in [4.69, 9.17) is 0 Å². The number of aromatic hydroxyl groups is 2. The van der Waals surface area contributed by atoms with Crippen molar-refractivity contribution in [3.8, 4) is 11.5 Å². The highest BCUT2D eigenvalue weighted by Gasteiger charge is 1.97. The van der Waals surface area contributed by atoms with Crippen LogP contribution in [0.4, 0.5) is 0 Å². The third kappa shape index (κ3) is 5.25. The number of phenols is 2. The second-order valence-corrected chi connectivity index (χ2v) is 4.59. The van der Waals surface area contributed by atoms with Crippen molar-refractivity contribution >= 4 is 6.08 Å². The molecule has 0 amide bonds. The van der Waals surface area contributed by atoms with Crippen molar-refractivity contribution in [1.29, 1.82) is 0 Å². The van der Waals surface area contributed by atoms with Crippen LogP contribution in [0.3, 0.4) is 0 Å². The molecular weight excluding hydrogens is 212 g/mol. The molecule has 0 aliphatic rings. The fraction of sp³-hybridized carbons (Fsp3) is 0.333. The van der Waals surface area contributed by atoms with Crippen LogP contribution in [-0.2, 0) is 0 Å². The quantitative estimate of drug-likeness (QED) is 0.762. The van der Waals surface area contributed by atoms with Gasteiger partial charge >= 0.3 is 0 Å². The van der Waals surface area contributed by atoms with E-state index in [-0.39, 0.29) is 11.5 Å². The Labute approximate surface area is 103 Å². The molecule has 0 atom stereocenters. The Morgan fingerprint density at radius 1 is 1.06 bits per heavy atom. The molecule has 0 saturated heterocycles. The lowest BCUT2D eigenvalue weighted by Crippen LogP contribution is -1.79. The Balaban J connectivity index is 2.70. The summed E-state index contributed by atoms with van der Waals surface area (Å²) in [6.07, 6.45) is 6.20. The van der Waals surface area contributed by atoms with Gasteiger partial charge in [-0.05, 0) is 51.3 Å². The first-order valence-corrected chi connectivity index (χ1v) is 5.81. The summed E-state index contributed by atoms with van der Waals surface area (Å²) < 4.78 is 0. The molecule has 0 aliphatic heterocycles. The van der Waals surface area contributed by atoms with Gasteiger partial charge in [-0.2, -0.15) is 0 Å². The molecule has 2 heteroatoms. The van der Waals surface area contributed by atoms with E-state index in [1.165, 1.54) is 17.2 Å². The van der Waals surface area contributed by atoms with Crippen molar-refractivity contribution in [3.63, 3.8) is 0 Å². The van der Waals surface area contributed by atoms with E-state index < -0.39 is 0 Å². The maximum absolute atomic E-state index is 9.36. The van der Waals surface area contributed by atoms with Crippen molar-refractivity contribution in [2.45, 2.75) is 33.6 Å². The van der Waals surface area contributed by atoms with Gasteiger partial charge in [0.1, 0.15) is 11.5 Å². The average molecular weight is 232 g/mol. The minimum Gasteiger partial charge on any atom is -0.508 e. The fourth-order valence-corrected chi connectivity index (χ4v) is 1.65. The van der Waals surface area contributed by atoms with E-state index in [0.717, 1.165) is 18.4 Å². The first kappa shape index (κ1) is 13.4. The summed E-state index contributed by atoms with van der Waals surface area (Å²) in [6, 6.07) is 4.62. The Hall–Kier alpha value is -1.70. The molecule has 0 fully saturated rings. The first-order chi connectivity index (χ1) is 7.97. The second-order valence-electron chi connectivity index (χ2n) is 4.59. The van der Waals surface area contributed by atoms with Gasteiger partial charge in [-0.3, -0.25) is 0 Å². The molecule has 2 nitrogen and oxygen atoms in total. The molecule has 0 saturated carbocycles. The Morgan fingerprint density at radius 2 is 1.65 bits per heavy atom. The fourth-order valence-electron chi connectivity index (χ4n) is 1.65. The molecule has 1 aromatic rings. The molecule has 0 radical (unpaired) electrons. The van der Waals surface area contributed by atoms with Crippen molar-refractivity contribution in [3.05, 3.63) is 41.0 Å². The van der Waals surface area contributed by atoms with Crippen LogP contribution in [0.25, 0.3) is 6.08 Å². The van der Waals surface area contributed by atoms with Gasteiger partial charge in [-0.15, -0.1) is 0 Å². The summed E-state index contributed by atoms with van der Waals surface area (Å²) in [5, 5.41) is 18.7. The highest BCUT2D eigenvalue weighted by atomic mass is 16.3. The average Bonchev–Trinajstić information content (AvgIpc) is 2.14. The van der Waals surface area contributed by atoms with Crippen LogP contribution in [0.15, 0.2) is 35.4 Å². The third-order valence-electron chi connectivity index (χ3n) is 2.43. The van der Waals surface area contributed by atoms with Crippen LogP contribution in [0.1, 0.15) is 39.2 Å². The number of hydrogen-bond acceptors (Lipinski definition) is 2. The highest BCUT2D eigenvalue weighted by molar-refractivity contribution is 5.56. The van der Waals surface area contributed by atoms with Crippen LogP contribution in [0.2, 0.25) is 0 Å². The summed E-state index contributed by atoms with van der Waals surface area (Å²) in [5.74, 6) is 0.182. The molecular formula is C15H20O2. The molecule has 17 heavy (non-hydrogen) atoms. The van der Waals surface area contributed by atoms with E-state index in [0.29, 0.717) is 0 Å². The lowest BCUT2D eigenvalue weighted by molar-refractivity contribution is 0.450. The molecule has 0 bridgehead atoms. The Bertz CT molecular complexity index is 418. The van der Waals surface area contributed by atoms with Crippen molar-refractivity contribution in [2.75, 3.05) is 0 Å². The van der Waals surface area contributed by atoms with Gasteiger partial charge in [-0.1, -0.05) is 23.3 Å². The summed E-state index contributed by atoms with van der Waals surface area (Å²) in [7, 11) is 0. The topological polar surface area (TPSA) is 40.5 Å². The maximum Gasteiger partial charge on any atom is 0.119 e. The zero-order valence-electron chi connectivity index (χ0n) is 10.7. The summed E-state index contributed by atoms with van der Waals surface area (Å²) >= 11 is 0. The number of hydrogen-bond donors (Lipinski definition) is 2. The zero-order chi connectivity index (χ0) is 12.8. The van der Waals surface area contributed by atoms with Crippen LogP contribution in [-0.4, -0.2) is 10.2 Å². The van der Waals surface area contributed by atoms with Crippen LogP contribution in [0.5, 0.6) is 11.5 Å². The number of allylic oxidation sites excluding steroid dienone is 3. The molecule has 1 aromatic carbocycles. The maximum atomic E-state index is 9.36. The molecule has 0 aliphatic carbocycles. The van der Waals surface area contributed by atoms with Crippen LogP contribution < -0.4 is 0 Å². The van der Waals surface area contributed by atoms with Crippen molar-refractivity contribution in [1.82, 2.24) is 0 Å². The summed E-state index contributed by atoms with van der Waals surface area (Å²) in [6.45, 7) is 6.23. The van der Waals surface area contributed by atoms with Gasteiger partial charge < -0.3 is 10.2 Å². The first-order valence-electron chi connectivity index (χ1n) is 5.81. The Morgan fingerprint density at radius 3 is 2.18 bits per heavy atom. The molecule has 0 aromatic heterocycles. The largest absolute Gasteiger partial charge is 0.508 e. The minimum atomic E-state index is 0.0911. The van der Waals surface area contributed by atoms with Crippen molar-refractivity contribution < 1.29 is 10.2 Å². The zero-order valence-corrected chi connectivity index (χ0v) is 10.7. The van der Waals surface area contributed by atoms with Gasteiger partial charge in [0, 0.05) is 6.07 Å². The number of phenolic OH excluding ortho intramolecular Hbond substituents is 2. The standard InChI is InChI=1S/C15H20O2/c1-11(2)5-4-6-12(3)7-13-8-14(16)10-15(17)9-13/h5,7-10,16-17H,4,6H2,1-3H3. The Kier molecular flexibility index (Phi) is 4.83. The second kappa shape index (κ2) is 6.14. The lowest BCUT2D eigenvalue weighted by Gasteiger charge is -2.02. The predicted molar refractivity (Wildman–Crippen MR) is 72.1 cm³/mol. The molecule has 92 valence electrons. The van der Waals surface area contributed by atoms with Gasteiger partial charge in [-0.25, -0.2) is 0 Å². The number of benzene rings is 1. The van der Waals surface area contributed by atoms with E-state index in [9.17, 15) is 10.2 Å². The van der Waals surface area contributed by atoms with Crippen molar-refractivity contribution in [2.24, 2.45) is 0 Å².